The molecule has 0 spiro atoms. The van der Waals surface area contributed by atoms with Crippen molar-refractivity contribution in [3.63, 3.8) is 0 Å². The Hall–Kier alpha value is -2.15. The number of anilines is 1. The summed E-state index contributed by atoms with van der Waals surface area (Å²) in [5, 5.41) is 11.1. The Kier molecular flexibility index (Phi) is 5.45. The van der Waals surface area contributed by atoms with E-state index < -0.39 is 27.5 Å². The first kappa shape index (κ1) is 15.9. The second-order valence-electron chi connectivity index (χ2n) is 4.16. The smallest absolute Gasteiger partial charge is 0.307 e. The van der Waals surface area contributed by atoms with Crippen LogP contribution in [0.5, 0.6) is 0 Å². The largest absolute Gasteiger partial charge is 0.481 e. The summed E-state index contributed by atoms with van der Waals surface area (Å²) in [5.41, 5.74) is 1.01. The minimum absolute atomic E-state index is 0.109. The molecule has 0 fully saturated rings. The molecule has 0 bridgehead atoms. The number of hydrogen-bond acceptors (Lipinski definition) is 4. The Labute approximate surface area is 117 Å². The molecule has 0 saturated carbocycles. The SMILES string of the molecule is C=CCS(=O)(=O)CC(=O)Nc1ccc(CC(=O)O)cc1. The molecule has 0 atom stereocenters. The number of hydrogen-bond donors (Lipinski definition) is 2. The molecule has 1 rings (SSSR count). The molecule has 6 nitrogen and oxygen atoms in total. The van der Waals surface area contributed by atoms with Crippen LogP contribution in [-0.2, 0) is 25.8 Å². The van der Waals surface area contributed by atoms with E-state index in [9.17, 15) is 18.0 Å². The first-order valence-electron chi connectivity index (χ1n) is 5.74. The number of nitrogens with one attached hydrogen (secondary N) is 1. The molecule has 1 amide bonds. The Morgan fingerprint density at radius 3 is 2.35 bits per heavy atom. The number of amides is 1. The highest BCUT2D eigenvalue weighted by molar-refractivity contribution is 7.92. The average molecular weight is 297 g/mol. The van der Waals surface area contributed by atoms with Gasteiger partial charge in [0.15, 0.2) is 9.84 Å². The molecular weight excluding hydrogens is 282 g/mol. The maximum Gasteiger partial charge on any atom is 0.307 e. The number of sulfone groups is 1. The van der Waals surface area contributed by atoms with Gasteiger partial charge in [-0.1, -0.05) is 18.2 Å². The Bertz CT molecular complexity index is 604. The summed E-state index contributed by atoms with van der Waals surface area (Å²) in [7, 11) is -3.48. The van der Waals surface area contributed by atoms with Crippen molar-refractivity contribution in [3.8, 4) is 0 Å². The number of carboxylic acids is 1. The standard InChI is InChI=1S/C13H15NO5S/c1-2-7-20(18,19)9-12(15)14-11-5-3-10(4-6-11)8-13(16)17/h2-6H,1,7-9H2,(H,14,15)(H,16,17). The van der Waals surface area contributed by atoms with E-state index in [4.69, 9.17) is 5.11 Å². The fourth-order valence-corrected chi connectivity index (χ4v) is 2.46. The maximum absolute atomic E-state index is 11.5. The number of aliphatic carboxylic acids is 1. The summed E-state index contributed by atoms with van der Waals surface area (Å²) in [4.78, 5) is 22.1. The first-order valence-corrected chi connectivity index (χ1v) is 7.56. The fraction of sp³-hybridized carbons (Fsp3) is 0.231. The second kappa shape index (κ2) is 6.85. The molecule has 0 aliphatic carbocycles. The van der Waals surface area contributed by atoms with Crippen molar-refractivity contribution in [2.75, 3.05) is 16.8 Å². The zero-order valence-electron chi connectivity index (χ0n) is 10.7. The van der Waals surface area contributed by atoms with Crippen molar-refractivity contribution in [2.45, 2.75) is 6.42 Å². The molecule has 2 N–H and O–H groups in total. The maximum atomic E-state index is 11.5. The summed E-state index contributed by atoms with van der Waals surface area (Å²) in [6, 6.07) is 6.16. The van der Waals surface area contributed by atoms with Gasteiger partial charge >= 0.3 is 5.97 Å². The first-order chi connectivity index (χ1) is 9.32. The predicted molar refractivity (Wildman–Crippen MR) is 75.3 cm³/mol. The van der Waals surface area contributed by atoms with Crippen LogP contribution in [0.25, 0.3) is 0 Å². The molecule has 0 heterocycles. The van der Waals surface area contributed by atoms with Crippen LogP contribution in [0.4, 0.5) is 5.69 Å². The van der Waals surface area contributed by atoms with Crippen LogP contribution in [0, 0.1) is 0 Å². The van der Waals surface area contributed by atoms with E-state index in [0.717, 1.165) is 0 Å². The molecule has 0 aromatic heterocycles. The van der Waals surface area contributed by atoms with Crippen molar-refractivity contribution in [3.05, 3.63) is 42.5 Å². The van der Waals surface area contributed by atoms with Gasteiger partial charge in [-0.05, 0) is 17.7 Å². The van der Waals surface area contributed by atoms with Gasteiger partial charge in [-0.3, -0.25) is 9.59 Å². The monoisotopic (exact) mass is 297 g/mol. The number of carbonyl (C=O) groups excluding carboxylic acids is 1. The van der Waals surface area contributed by atoms with E-state index in [1.54, 1.807) is 12.1 Å². The zero-order valence-corrected chi connectivity index (χ0v) is 11.5. The van der Waals surface area contributed by atoms with Crippen molar-refractivity contribution >= 4 is 27.4 Å². The van der Waals surface area contributed by atoms with E-state index in [2.05, 4.69) is 11.9 Å². The summed E-state index contributed by atoms with van der Waals surface area (Å²) >= 11 is 0. The lowest BCUT2D eigenvalue weighted by molar-refractivity contribution is -0.136. The van der Waals surface area contributed by atoms with Crippen LogP contribution < -0.4 is 5.32 Å². The molecule has 0 radical (unpaired) electrons. The van der Waals surface area contributed by atoms with E-state index in [-0.39, 0.29) is 12.2 Å². The van der Waals surface area contributed by atoms with Crippen LogP contribution in [0.1, 0.15) is 5.56 Å². The number of carbonyl (C=O) groups is 2. The van der Waals surface area contributed by atoms with Gasteiger partial charge in [-0.15, -0.1) is 6.58 Å². The highest BCUT2D eigenvalue weighted by Crippen LogP contribution is 2.10. The Morgan fingerprint density at radius 2 is 1.85 bits per heavy atom. The molecular formula is C13H15NO5S. The van der Waals surface area contributed by atoms with E-state index in [1.807, 2.05) is 0 Å². The summed E-state index contributed by atoms with van der Waals surface area (Å²) < 4.78 is 22.8. The number of carboxylic acid groups (broad SMARTS) is 1. The lowest BCUT2D eigenvalue weighted by Crippen LogP contribution is -2.24. The van der Waals surface area contributed by atoms with Crippen molar-refractivity contribution in [1.29, 1.82) is 0 Å². The molecule has 1 aromatic carbocycles. The van der Waals surface area contributed by atoms with Crippen LogP contribution in [0.3, 0.4) is 0 Å². The Morgan fingerprint density at radius 1 is 1.25 bits per heavy atom. The van der Waals surface area contributed by atoms with E-state index in [1.165, 1.54) is 18.2 Å². The van der Waals surface area contributed by atoms with Gasteiger partial charge in [0.05, 0.1) is 12.2 Å². The third-order valence-electron chi connectivity index (χ3n) is 2.32. The second-order valence-corrected chi connectivity index (χ2v) is 6.27. The van der Waals surface area contributed by atoms with Gasteiger partial charge in [-0.25, -0.2) is 8.42 Å². The number of benzene rings is 1. The minimum Gasteiger partial charge on any atom is -0.481 e. The van der Waals surface area contributed by atoms with Gasteiger partial charge in [-0.2, -0.15) is 0 Å². The average Bonchev–Trinajstić information content (AvgIpc) is 2.29. The van der Waals surface area contributed by atoms with Gasteiger partial charge in [0, 0.05) is 5.69 Å². The topological polar surface area (TPSA) is 101 Å². The third-order valence-corrected chi connectivity index (χ3v) is 3.76. The van der Waals surface area contributed by atoms with E-state index in [0.29, 0.717) is 11.3 Å². The fourth-order valence-electron chi connectivity index (χ4n) is 1.52. The van der Waals surface area contributed by atoms with Gasteiger partial charge in [0.25, 0.3) is 0 Å². The molecule has 7 heteroatoms. The highest BCUT2D eigenvalue weighted by Gasteiger charge is 2.15. The molecule has 0 aliphatic heterocycles. The van der Waals surface area contributed by atoms with Gasteiger partial charge in [0.2, 0.25) is 5.91 Å². The van der Waals surface area contributed by atoms with Crippen LogP contribution in [-0.4, -0.2) is 36.9 Å². The Balaban J connectivity index is 2.62. The lowest BCUT2D eigenvalue weighted by Gasteiger charge is -2.06. The lowest BCUT2D eigenvalue weighted by atomic mass is 10.1. The molecule has 20 heavy (non-hydrogen) atoms. The summed E-state index contributed by atoms with van der Waals surface area (Å²) in [6.07, 6.45) is 1.12. The van der Waals surface area contributed by atoms with Crippen molar-refractivity contribution in [2.24, 2.45) is 0 Å². The normalized spacial score (nSPS) is 10.8. The third kappa shape index (κ3) is 5.66. The van der Waals surface area contributed by atoms with Crippen LogP contribution in [0.2, 0.25) is 0 Å². The quantitative estimate of drug-likeness (QED) is 0.727. The zero-order chi connectivity index (χ0) is 15.2. The van der Waals surface area contributed by atoms with Gasteiger partial charge < -0.3 is 10.4 Å². The predicted octanol–water partition coefficient (Wildman–Crippen LogP) is 0.853. The van der Waals surface area contributed by atoms with Crippen molar-refractivity contribution in [1.82, 2.24) is 0 Å². The summed E-state index contributed by atoms with van der Waals surface area (Å²) in [6.45, 7) is 3.31. The molecule has 1 aromatic rings. The van der Waals surface area contributed by atoms with Crippen LogP contribution in [0.15, 0.2) is 36.9 Å². The van der Waals surface area contributed by atoms with Gasteiger partial charge in [0.1, 0.15) is 5.75 Å². The molecule has 108 valence electrons. The van der Waals surface area contributed by atoms with Crippen LogP contribution >= 0.6 is 0 Å². The van der Waals surface area contributed by atoms with Crippen molar-refractivity contribution < 1.29 is 23.1 Å². The number of rotatable bonds is 7. The van der Waals surface area contributed by atoms with E-state index >= 15 is 0 Å². The summed E-state index contributed by atoms with van der Waals surface area (Å²) in [5.74, 6) is -2.46. The molecule has 0 unspecified atom stereocenters. The minimum atomic E-state index is -3.48. The molecule has 0 saturated heterocycles. The highest BCUT2D eigenvalue weighted by atomic mass is 32.2. The molecule has 0 aliphatic rings.